The number of benzene rings is 2. The van der Waals surface area contributed by atoms with Crippen LogP contribution < -0.4 is 0 Å². The molecule has 2 nitrogen and oxygen atoms in total. The van der Waals surface area contributed by atoms with Crippen LogP contribution >= 0.6 is 0 Å². The summed E-state index contributed by atoms with van der Waals surface area (Å²) < 4.78 is 5.59. The SMILES string of the molecule is C=C(C)c1ccc(-c2cc(-c3ccc(CCCCCCCC)cc3)on2)cc1. The summed E-state index contributed by atoms with van der Waals surface area (Å²) in [6.45, 7) is 8.26. The van der Waals surface area contributed by atoms with Gasteiger partial charge in [0.25, 0.3) is 0 Å². The number of aryl methyl sites for hydroxylation is 1. The average molecular weight is 374 g/mol. The second-order valence-electron chi connectivity index (χ2n) is 7.65. The highest BCUT2D eigenvalue weighted by Gasteiger charge is 2.09. The Bertz CT molecular complexity index is 872. The summed E-state index contributed by atoms with van der Waals surface area (Å²) in [6.07, 6.45) is 9.17. The molecule has 28 heavy (non-hydrogen) atoms. The van der Waals surface area contributed by atoms with E-state index in [2.05, 4.69) is 67.2 Å². The van der Waals surface area contributed by atoms with Crippen LogP contribution in [0.1, 0.15) is 63.5 Å². The molecule has 1 heterocycles. The lowest BCUT2D eigenvalue weighted by Gasteiger charge is -2.03. The molecular formula is C26H31NO. The minimum absolute atomic E-state index is 0.810. The van der Waals surface area contributed by atoms with Gasteiger partial charge in [-0.2, -0.15) is 0 Å². The lowest BCUT2D eigenvalue weighted by Crippen LogP contribution is -1.86. The molecule has 0 N–H and O–H groups in total. The van der Waals surface area contributed by atoms with Crippen molar-refractivity contribution in [1.29, 1.82) is 0 Å². The molecule has 0 aliphatic carbocycles. The highest BCUT2D eigenvalue weighted by Crippen LogP contribution is 2.27. The minimum Gasteiger partial charge on any atom is -0.356 e. The molecule has 3 rings (SSSR count). The van der Waals surface area contributed by atoms with E-state index in [1.807, 2.05) is 13.0 Å². The molecule has 0 amide bonds. The van der Waals surface area contributed by atoms with Crippen LogP contribution in [0.25, 0.3) is 28.2 Å². The molecule has 2 heteroatoms. The van der Waals surface area contributed by atoms with E-state index in [1.165, 1.54) is 44.1 Å². The Morgan fingerprint density at radius 1 is 0.857 bits per heavy atom. The first-order chi connectivity index (χ1) is 13.7. The van der Waals surface area contributed by atoms with Crippen LogP contribution in [-0.2, 0) is 6.42 Å². The molecule has 0 saturated heterocycles. The predicted octanol–water partition coefficient (Wildman–Crippen LogP) is 7.94. The highest BCUT2D eigenvalue weighted by atomic mass is 16.5. The number of hydrogen-bond donors (Lipinski definition) is 0. The van der Waals surface area contributed by atoms with Gasteiger partial charge in [0.05, 0.1) is 0 Å². The fourth-order valence-corrected chi connectivity index (χ4v) is 3.42. The van der Waals surface area contributed by atoms with E-state index in [1.54, 1.807) is 0 Å². The van der Waals surface area contributed by atoms with E-state index in [0.717, 1.165) is 40.1 Å². The molecule has 0 fully saturated rings. The number of unbranched alkanes of at least 4 members (excludes halogenated alkanes) is 5. The van der Waals surface area contributed by atoms with Crippen molar-refractivity contribution in [3.63, 3.8) is 0 Å². The zero-order valence-corrected chi connectivity index (χ0v) is 17.2. The van der Waals surface area contributed by atoms with Gasteiger partial charge in [0.1, 0.15) is 5.69 Å². The van der Waals surface area contributed by atoms with Crippen LogP contribution in [0.5, 0.6) is 0 Å². The Morgan fingerprint density at radius 3 is 2.18 bits per heavy atom. The van der Waals surface area contributed by atoms with Crippen LogP contribution in [0.3, 0.4) is 0 Å². The van der Waals surface area contributed by atoms with E-state index >= 15 is 0 Å². The first-order valence-corrected chi connectivity index (χ1v) is 10.5. The molecule has 0 atom stereocenters. The van der Waals surface area contributed by atoms with Crippen molar-refractivity contribution < 1.29 is 4.52 Å². The molecule has 0 unspecified atom stereocenters. The normalized spacial score (nSPS) is 10.9. The summed E-state index contributed by atoms with van der Waals surface area (Å²) in [4.78, 5) is 0. The zero-order valence-electron chi connectivity index (χ0n) is 17.2. The van der Waals surface area contributed by atoms with Crippen molar-refractivity contribution in [1.82, 2.24) is 5.16 Å². The third-order valence-electron chi connectivity index (χ3n) is 5.24. The number of allylic oxidation sites excluding steroid dienone is 1. The number of hydrogen-bond acceptors (Lipinski definition) is 2. The van der Waals surface area contributed by atoms with E-state index in [9.17, 15) is 0 Å². The lowest BCUT2D eigenvalue weighted by atomic mass is 10.0. The molecular weight excluding hydrogens is 342 g/mol. The summed E-state index contributed by atoms with van der Waals surface area (Å²) >= 11 is 0. The fourth-order valence-electron chi connectivity index (χ4n) is 3.42. The molecule has 0 bridgehead atoms. The van der Waals surface area contributed by atoms with Gasteiger partial charge in [-0.05, 0) is 30.9 Å². The monoisotopic (exact) mass is 373 g/mol. The maximum atomic E-state index is 5.59. The predicted molar refractivity (Wildman–Crippen MR) is 119 cm³/mol. The van der Waals surface area contributed by atoms with Crippen molar-refractivity contribution >= 4 is 5.57 Å². The van der Waals surface area contributed by atoms with E-state index in [4.69, 9.17) is 4.52 Å². The van der Waals surface area contributed by atoms with Crippen LogP contribution in [0, 0.1) is 0 Å². The molecule has 0 radical (unpaired) electrons. The number of rotatable bonds is 10. The van der Waals surface area contributed by atoms with Crippen molar-refractivity contribution in [3.05, 3.63) is 72.3 Å². The summed E-state index contributed by atoms with van der Waals surface area (Å²) in [5.74, 6) is 0.810. The quantitative estimate of drug-likeness (QED) is 0.337. The Kier molecular flexibility index (Phi) is 7.25. The Morgan fingerprint density at radius 2 is 1.50 bits per heavy atom. The van der Waals surface area contributed by atoms with Gasteiger partial charge in [-0.25, -0.2) is 0 Å². The molecule has 0 aliphatic rings. The maximum Gasteiger partial charge on any atom is 0.167 e. The van der Waals surface area contributed by atoms with Crippen LogP contribution in [0.15, 0.2) is 65.7 Å². The van der Waals surface area contributed by atoms with E-state index in [0.29, 0.717) is 0 Å². The summed E-state index contributed by atoms with van der Waals surface area (Å²) in [6, 6.07) is 19.0. The Balaban J connectivity index is 1.58. The van der Waals surface area contributed by atoms with Gasteiger partial charge in [0.15, 0.2) is 5.76 Å². The summed E-state index contributed by atoms with van der Waals surface area (Å²) in [7, 11) is 0. The van der Waals surface area contributed by atoms with Crippen LogP contribution in [0.2, 0.25) is 0 Å². The lowest BCUT2D eigenvalue weighted by molar-refractivity contribution is 0.435. The fraction of sp³-hybridized carbons (Fsp3) is 0.346. The third-order valence-corrected chi connectivity index (χ3v) is 5.24. The molecule has 0 aliphatic heterocycles. The van der Waals surface area contributed by atoms with Gasteiger partial charge in [0, 0.05) is 17.2 Å². The van der Waals surface area contributed by atoms with Crippen molar-refractivity contribution in [2.45, 2.75) is 58.8 Å². The second kappa shape index (κ2) is 10.1. The largest absolute Gasteiger partial charge is 0.356 e. The molecule has 3 aromatic rings. The smallest absolute Gasteiger partial charge is 0.167 e. The molecule has 2 aromatic carbocycles. The minimum atomic E-state index is 0.810. The molecule has 0 spiro atoms. The first-order valence-electron chi connectivity index (χ1n) is 10.5. The Hall–Kier alpha value is -2.61. The number of nitrogens with zero attached hydrogens (tertiary/aromatic N) is 1. The van der Waals surface area contributed by atoms with Gasteiger partial charge < -0.3 is 4.52 Å². The van der Waals surface area contributed by atoms with Crippen molar-refractivity contribution in [3.8, 4) is 22.6 Å². The standard InChI is InChI=1S/C26H31NO/c1-4-5-6-7-8-9-10-21-11-13-24(14-12-21)26-19-25(27-28-26)23-17-15-22(16-18-23)20(2)3/h11-19H,2,4-10H2,1,3H3. The van der Waals surface area contributed by atoms with E-state index < -0.39 is 0 Å². The van der Waals surface area contributed by atoms with Gasteiger partial charge in [-0.15, -0.1) is 0 Å². The second-order valence-corrected chi connectivity index (χ2v) is 7.65. The van der Waals surface area contributed by atoms with Gasteiger partial charge >= 0.3 is 0 Å². The van der Waals surface area contributed by atoms with Crippen molar-refractivity contribution in [2.24, 2.45) is 0 Å². The van der Waals surface area contributed by atoms with Gasteiger partial charge in [0.2, 0.25) is 0 Å². The first kappa shape index (κ1) is 20.1. The van der Waals surface area contributed by atoms with Gasteiger partial charge in [-0.3, -0.25) is 0 Å². The van der Waals surface area contributed by atoms with Crippen LogP contribution in [-0.4, -0.2) is 5.16 Å². The van der Waals surface area contributed by atoms with Crippen LogP contribution in [0.4, 0.5) is 0 Å². The van der Waals surface area contributed by atoms with Crippen molar-refractivity contribution in [2.75, 3.05) is 0 Å². The molecule has 146 valence electrons. The topological polar surface area (TPSA) is 26.0 Å². The highest BCUT2D eigenvalue weighted by molar-refractivity contribution is 5.69. The summed E-state index contributed by atoms with van der Waals surface area (Å²) in [5.41, 5.74) is 6.60. The summed E-state index contributed by atoms with van der Waals surface area (Å²) in [5, 5.41) is 4.25. The molecule has 1 aromatic heterocycles. The third kappa shape index (κ3) is 5.45. The van der Waals surface area contributed by atoms with E-state index in [-0.39, 0.29) is 0 Å². The average Bonchev–Trinajstić information content (AvgIpc) is 3.21. The number of aromatic nitrogens is 1. The zero-order chi connectivity index (χ0) is 19.8. The Labute approximate surface area is 169 Å². The maximum absolute atomic E-state index is 5.59. The molecule has 0 saturated carbocycles. The van der Waals surface area contributed by atoms with Gasteiger partial charge in [-0.1, -0.05) is 105 Å².